The number of hydrogen-bond donors (Lipinski definition) is 0. The van der Waals surface area contributed by atoms with Crippen molar-refractivity contribution in [3.63, 3.8) is 0 Å². The molecule has 1 unspecified atom stereocenters. The number of aromatic nitrogens is 2. The number of carbonyl (C=O) groups excluding carboxylic acids is 1. The van der Waals surface area contributed by atoms with Gasteiger partial charge in [0, 0.05) is 32.0 Å². The van der Waals surface area contributed by atoms with Crippen molar-refractivity contribution in [3.8, 4) is 5.75 Å². The third-order valence-electron chi connectivity index (χ3n) is 7.38. The minimum atomic E-state index is -0.127. The van der Waals surface area contributed by atoms with E-state index in [9.17, 15) is 4.79 Å². The molecule has 1 aromatic carbocycles. The minimum absolute atomic E-state index is 0.0454. The maximum Gasteiger partial charge on any atom is 0.260 e. The van der Waals surface area contributed by atoms with Gasteiger partial charge in [-0.25, -0.2) is 0 Å². The number of aryl methyl sites for hydroxylation is 1. The Morgan fingerprint density at radius 2 is 2.09 bits per heavy atom. The van der Waals surface area contributed by atoms with Crippen LogP contribution in [-0.2, 0) is 16.0 Å². The molecule has 5 rings (SSSR count). The van der Waals surface area contributed by atoms with Crippen LogP contribution >= 0.6 is 0 Å². The number of likely N-dealkylation sites (tertiary alicyclic amines) is 1. The van der Waals surface area contributed by atoms with Crippen molar-refractivity contribution in [1.29, 1.82) is 0 Å². The van der Waals surface area contributed by atoms with Crippen molar-refractivity contribution in [2.24, 2.45) is 5.92 Å². The van der Waals surface area contributed by atoms with Gasteiger partial charge in [-0.15, -0.1) is 0 Å². The van der Waals surface area contributed by atoms with E-state index in [-0.39, 0.29) is 18.1 Å². The Bertz CT molecular complexity index is 931. The van der Waals surface area contributed by atoms with Gasteiger partial charge in [-0.05, 0) is 69.1 Å². The molecule has 3 heterocycles. The fraction of sp³-hybridized carbons (Fsp3) is 0.640. The average Bonchev–Trinajstić information content (AvgIpc) is 3.19. The SMILES string of the molecule is Cc1cccc(OCC(=O)N2CCC3(CC2)CC(Cc2noc(C4CCC4)n2)CCO3)c1. The first-order valence-corrected chi connectivity index (χ1v) is 12.0. The summed E-state index contributed by atoms with van der Waals surface area (Å²) in [7, 11) is 0. The molecule has 2 aliphatic heterocycles. The van der Waals surface area contributed by atoms with Crippen LogP contribution in [0.5, 0.6) is 5.75 Å². The smallest absolute Gasteiger partial charge is 0.260 e. The van der Waals surface area contributed by atoms with E-state index in [1.807, 2.05) is 36.1 Å². The normalized spacial score (nSPS) is 23.2. The Labute approximate surface area is 189 Å². The highest BCUT2D eigenvalue weighted by molar-refractivity contribution is 5.77. The maximum absolute atomic E-state index is 12.7. The number of ether oxygens (including phenoxy) is 2. The van der Waals surface area contributed by atoms with Gasteiger partial charge in [-0.3, -0.25) is 4.79 Å². The van der Waals surface area contributed by atoms with E-state index in [0.717, 1.165) is 74.8 Å². The molecule has 1 saturated carbocycles. The predicted molar refractivity (Wildman–Crippen MR) is 118 cm³/mol. The Balaban J connectivity index is 1.10. The van der Waals surface area contributed by atoms with Crippen LogP contribution in [0.3, 0.4) is 0 Å². The molecule has 0 bridgehead atoms. The van der Waals surface area contributed by atoms with Crippen LogP contribution in [0, 0.1) is 12.8 Å². The Morgan fingerprint density at radius 1 is 1.25 bits per heavy atom. The second-order valence-electron chi connectivity index (χ2n) is 9.76. The first-order chi connectivity index (χ1) is 15.6. The summed E-state index contributed by atoms with van der Waals surface area (Å²) in [6.07, 6.45) is 8.25. The van der Waals surface area contributed by atoms with Crippen LogP contribution in [0.15, 0.2) is 28.8 Å². The summed E-state index contributed by atoms with van der Waals surface area (Å²) in [6.45, 7) is 4.30. The zero-order valence-corrected chi connectivity index (χ0v) is 18.9. The van der Waals surface area contributed by atoms with Crippen molar-refractivity contribution in [2.45, 2.75) is 69.8 Å². The van der Waals surface area contributed by atoms with Gasteiger partial charge in [0.25, 0.3) is 5.91 Å². The molecule has 32 heavy (non-hydrogen) atoms. The molecular formula is C25H33N3O4. The lowest BCUT2D eigenvalue weighted by atomic mass is 9.78. The van der Waals surface area contributed by atoms with Crippen LogP contribution in [-0.4, -0.2) is 52.9 Å². The zero-order chi connectivity index (χ0) is 22.0. The number of benzene rings is 1. The van der Waals surface area contributed by atoms with Crippen LogP contribution in [0.2, 0.25) is 0 Å². The second kappa shape index (κ2) is 9.22. The van der Waals surface area contributed by atoms with Gasteiger partial charge in [0.1, 0.15) is 5.75 Å². The van der Waals surface area contributed by atoms with E-state index in [1.165, 1.54) is 19.3 Å². The van der Waals surface area contributed by atoms with Crippen molar-refractivity contribution in [1.82, 2.24) is 15.0 Å². The summed E-state index contributed by atoms with van der Waals surface area (Å²) in [5.74, 6) is 3.44. The quantitative estimate of drug-likeness (QED) is 0.676. The molecule has 3 aliphatic rings. The van der Waals surface area contributed by atoms with Crippen LogP contribution in [0.25, 0.3) is 0 Å². The molecule has 3 fully saturated rings. The number of rotatable bonds is 6. The van der Waals surface area contributed by atoms with Gasteiger partial charge in [0.2, 0.25) is 5.89 Å². The molecule has 7 nitrogen and oxygen atoms in total. The molecule has 2 saturated heterocycles. The number of nitrogens with zero attached hydrogens (tertiary/aromatic N) is 3. The van der Waals surface area contributed by atoms with Crippen molar-refractivity contribution in [2.75, 3.05) is 26.3 Å². The monoisotopic (exact) mass is 439 g/mol. The van der Waals surface area contributed by atoms with Crippen molar-refractivity contribution >= 4 is 5.91 Å². The molecule has 1 atom stereocenters. The summed E-state index contributed by atoms with van der Waals surface area (Å²) in [5, 5.41) is 4.24. The molecule has 0 radical (unpaired) electrons. The summed E-state index contributed by atoms with van der Waals surface area (Å²) in [6, 6.07) is 7.80. The largest absolute Gasteiger partial charge is 0.484 e. The molecular weight excluding hydrogens is 406 g/mol. The maximum atomic E-state index is 12.7. The molecule has 2 aromatic rings. The highest BCUT2D eigenvalue weighted by Crippen LogP contribution is 2.39. The van der Waals surface area contributed by atoms with E-state index >= 15 is 0 Å². The molecule has 1 spiro atoms. The van der Waals surface area contributed by atoms with E-state index in [1.54, 1.807) is 0 Å². The van der Waals surface area contributed by atoms with Crippen molar-refractivity contribution in [3.05, 3.63) is 41.5 Å². The predicted octanol–water partition coefficient (Wildman–Crippen LogP) is 4.05. The van der Waals surface area contributed by atoms with E-state index in [0.29, 0.717) is 11.8 Å². The third-order valence-corrected chi connectivity index (χ3v) is 7.38. The molecule has 1 amide bonds. The molecule has 1 aliphatic carbocycles. The van der Waals surface area contributed by atoms with E-state index in [2.05, 4.69) is 10.1 Å². The standard InChI is InChI=1S/C25H33N3O4/c1-18-4-2-7-21(14-18)30-17-23(29)28-11-9-25(10-12-28)16-19(8-13-31-25)15-22-26-24(32-27-22)20-5-3-6-20/h2,4,7,14,19-20H,3,5-6,8-13,15-17H2,1H3. The Kier molecular flexibility index (Phi) is 6.17. The van der Waals surface area contributed by atoms with Crippen molar-refractivity contribution < 1.29 is 18.8 Å². The first kappa shape index (κ1) is 21.4. The van der Waals surface area contributed by atoms with Gasteiger partial charge >= 0.3 is 0 Å². The minimum Gasteiger partial charge on any atom is -0.484 e. The lowest BCUT2D eigenvalue weighted by Gasteiger charge is -2.46. The lowest BCUT2D eigenvalue weighted by molar-refractivity contribution is -0.148. The lowest BCUT2D eigenvalue weighted by Crippen LogP contribution is -2.51. The van der Waals surface area contributed by atoms with Crippen LogP contribution in [0.1, 0.15) is 68.1 Å². The summed E-state index contributed by atoms with van der Waals surface area (Å²) < 4.78 is 17.5. The number of carbonyl (C=O) groups is 1. The second-order valence-corrected chi connectivity index (χ2v) is 9.76. The topological polar surface area (TPSA) is 77.7 Å². The van der Waals surface area contributed by atoms with Gasteiger partial charge in [-0.2, -0.15) is 4.98 Å². The third kappa shape index (κ3) is 4.82. The highest BCUT2D eigenvalue weighted by Gasteiger charge is 2.41. The van der Waals surface area contributed by atoms with Crippen LogP contribution in [0.4, 0.5) is 0 Å². The van der Waals surface area contributed by atoms with Crippen LogP contribution < -0.4 is 4.74 Å². The first-order valence-electron chi connectivity index (χ1n) is 12.0. The summed E-state index contributed by atoms with van der Waals surface area (Å²) in [5.41, 5.74) is 0.997. The Hall–Kier alpha value is -2.41. The zero-order valence-electron chi connectivity index (χ0n) is 18.9. The fourth-order valence-corrected chi connectivity index (χ4v) is 5.19. The average molecular weight is 440 g/mol. The Morgan fingerprint density at radius 3 is 2.84 bits per heavy atom. The van der Waals surface area contributed by atoms with Gasteiger partial charge < -0.3 is 18.9 Å². The van der Waals surface area contributed by atoms with E-state index in [4.69, 9.17) is 14.0 Å². The van der Waals surface area contributed by atoms with Gasteiger partial charge in [0.15, 0.2) is 12.4 Å². The molecule has 172 valence electrons. The summed E-state index contributed by atoms with van der Waals surface area (Å²) in [4.78, 5) is 19.2. The molecule has 7 heteroatoms. The van der Waals surface area contributed by atoms with Gasteiger partial charge in [0.05, 0.1) is 5.60 Å². The number of amides is 1. The number of piperidine rings is 1. The highest BCUT2D eigenvalue weighted by atomic mass is 16.5. The molecule has 0 N–H and O–H groups in total. The summed E-state index contributed by atoms with van der Waals surface area (Å²) >= 11 is 0. The fourth-order valence-electron chi connectivity index (χ4n) is 5.19. The van der Waals surface area contributed by atoms with Gasteiger partial charge in [-0.1, -0.05) is 23.7 Å². The molecule has 1 aromatic heterocycles. The van der Waals surface area contributed by atoms with E-state index < -0.39 is 0 Å². The number of hydrogen-bond acceptors (Lipinski definition) is 6.